The van der Waals surface area contributed by atoms with Crippen LogP contribution in [0.1, 0.15) is 76.6 Å². The molecule has 0 aliphatic heterocycles. The SMILES string of the molecule is CC(C)(C)NC(=O)c1ccccc1C[C@@H](O)[C@H](Cc1ccc2c(c1)CCCC2)NC(=O)c1ccncc1. The minimum atomic E-state index is -0.898. The third-order valence-corrected chi connectivity index (χ3v) is 6.77. The summed E-state index contributed by atoms with van der Waals surface area (Å²) in [6.07, 6.45) is 7.56. The summed E-state index contributed by atoms with van der Waals surface area (Å²) in [6.45, 7) is 5.81. The highest BCUT2D eigenvalue weighted by atomic mass is 16.3. The van der Waals surface area contributed by atoms with Gasteiger partial charge in [-0.2, -0.15) is 0 Å². The van der Waals surface area contributed by atoms with Crippen LogP contribution in [0.25, 0.3) is 0 Å². The minimum absolute atomic E-state index is 0.178. The molecule has 2 atom stereocenters. The number of amides is 2. The molecule has 6 heteroatoms. The van der Waals surface area contributed by atoms with E-state index in [1.54, 1.807) is 30.6 Å². The zero-order chi connectivity index (χ0) is 26.4. The first-order valence-corrected chi connectivity index (χ1v) is 13.1. The zero-order valence-electron chi connectivity index (χ0n) is 22.0. The molecular formula is C31H37N3O3. The molecule has 0 bridgehead atoms. The van der Waals surface area contributed by atoms with E-state index in [2.05, 4.69) is 33.8 Å². The maximum atomic E-state index is 13.1. The lowest BCUT2D eigenvalue weighted by Crippen LogP contribution is -2.46. The minimum Gasteiger partial charge on any atom is -0.391 e. The summed E-state index contributed by atoms with van der Waals surface area (Å²) in [5.41, 5.74) is 5.22. The van der Waals surface area contributed by atoms with E-state index >= 15 is 0 Å². The van der Waals surface area contributed by atoms with Crippen LogP contribution in [-0.4, -0.2) is 39.6 Å². The van der Waals surface area contributed by atoms with Crippen molar-refractivity contribution in [1.82, 2.24) is 15.6 Å². The Kier molecular flexibility index (Phi) is 8.39. The number of pyridine rings is 1. The van der Waals surface area contributed by atoms with Crippen LogP contribution in [0.3, 0.4) is 0 Å². The van der Waals surface area contributed by atoms with Crippen molar-refractivity contribution in [2.24, 2.45) is 0 Å². The van der Waals surface area contributed by atoms with E-state index < -0.39 is 12.1 Å². The molecule has 2 amide bonds. The number of fused-ring (bicyclic) bond motifs is 1. The first kappa shape index (κ1) is 26.6. The predicted molar refractivity (Wildman–Crippen MR) is 146 cm³/mol. The maximum Gasteiger partial charge on any atom is 0.251 e. The second kappa shape index (κ2) is 11.7. The topological polar surface area (TPSA) is 91.3 Å². The van der Waals surface area contributed by atoms with Crippen molar-refractivity contribution < 1.29 is 14.7 Å². The fraction of sp³-hybridized carbons (Fsp3) is 0.387. The fourth-order valence-corrected chi connectivity index (χ4v) is 4.90. The largest absolute Gasteiger partial charge is 0.391 e. The normalized spacial score (nSPS) is 14.8. The van der Waals surface area contributed by atoms with Crippen LogP contribution in [0.2, 0.25) is 0 Å². The molecule has 0 radical (unpaired) electrons. The Hall–Kier alpha value is -3.51. The highest BCUT2D eigenvalue weighted by Crippen LogP contribution is 2.24. The van der Waals surface area contributed by atoms with Gasteiger partial charge in [0.25, 0.3) is 11.8 Å². The molecule has 3 aromatic rings. The third kappa shape index (κ3) is 7.26. The number of carbonyl (C=O) groups excluding carboxylic acids is 2. The number of rotatable bonds is 8. The van der Waals surface area contributed by atoms with Gasteiger partial charge in [-0.05, 0) is 93.3 Å². The number of benzene rings is 2. The lowest BCUT2D eigenvalue weighted by atomic mass is 9.88. The van der Waals surface area contributed by atoms with E-state index in [0.717, 1.165) is 24.0 Å². The van der Waals surface area contributed by atoms with Gasteiger partial charge in [-0.15, -0.1) is 0 Å². The van der Waals surface area contributed by atoms with Crippen molar-refractivity contribution in [2.45, 2.75) is 77.0 Å². The van der Waals surface area contributed by atoms with Crippen molar-refractivity contribution in [1.29, 1.82) is 0 Å². The van der Waals surface area contributed by atoms with Crippen molar-refractivity contribution >= 4 is 11.8 Å². The number of aromatic nitrogens is 1. The van der Waals surface area contributed by atoms with Crippen molar-refractivity contribution in [2.75, 3.05) is 0 Å². The highest BCUT2D eigenvalue weighted by molar-refractivity contribution is 5.96. The Morgan fingerprint density at radius 1 is 0.919 bits per heavy atom. The lowest BCUT2D eigenvalue weighted by molar-refractivity contribution is 0.0826. The number of nitrogens with zero attached hydrogens (tertiary/aromatic N) is 1. The zero-order valence-corrected chi connectivity index (χ0v) is 22.0. The van der Waals surface area contributed by atoms with Gasteiger partial charge in [-0.1, -0.05) is 36.4 Å². The molecule has 0 fully saturated rings. The summed E-state index contributed by atoms with van der Waals surface area (Å²) in [5.74, 6) is -0.439. The second-order valence-corrected chi connectivity index (χ2v) is 11.0. The Morgan fingerprint density at radius 3 is 2.35 bits per heavy atom. The fourth-order valence-electron chi connectivity index (χ4n) is 4.90. The Balaban J connectivity index is 1.58. The molecule has 0 saturated carbocycles. The Bertz CT molecular complexity index is 1230. The van der Waals surface area contributed by atoms with Gasteiger partial charge in [0.15, 0.2) is 0 Å². The monoisotopic (exact) mass is 499 g/mol. The van der Waals surface area contributed by atoms with Crippen LogP contribution in [-0.2, 0) is 25.7 Å². The summed E-state index contributed by atoms with van der Waals surface area (Å²) < 4.78 is 0. The van der Waals surface area contributed by atoms with Crippen LogP contribution < -0.4 is 10.6 Å². The number of aliphatic hydroxyl groups excluding tert-OH is 1. The molecule has 6 nitrogen and oxygen atoms in total. The van der Waals surface area contributed by atoms with Gasteiger partial charge in [-0.3, -0.25) is 14.6 Å². The molecule has 2 aromatic carbocycles. The number of nitrogens with one attached hydrogen (secondary N) is 2. The molecule has 1 aromatic heterocycles. The van der Waals surface area contributed by atoms with Crippen LogP contribution in [0.5, 0.6) is 0 Å². The Labute approximate surface area is 219 Å². The summed E-state index contributed by atoms with van der Waals surface area (Å²) in [6, 6.07) is 16.6. The molecule has 37 heavy (non-hydrogen) atoms. The number of hydrogen-bond acceptors (Lipinski definition) is 4. The standard InChI is InChI=1S/C31H37N3O3/c1-31(2,3)34-30(37)26-11-7-6-10-25(26)20-28(35)27(33-29(36)23-14-16-32-17-15-23)19-21-12-13-22-8-4-5-9-24(22)18-21/h6-7,10-18,27-28,35H,4-5,8-9,19-20H2,1-3H3,(H,33,36)(H,34,37)/t27-,28+/m0/s1. The van der Waals surface area contributed by atoms with Crippen molar-refractivity contribution in [3.05, 3.63) is 100 Å². The van der Waals surface area contributed by atoms with Gasteiger partial charge < -0.3 is 15.7 Å². The van der Waals surface area contributed by atoms with E-state index in [4.69, 9.17) is 0 Å². The number of aliphatic hydroxyl groups is 1. The lowest BCUT2D eigenvalue weighted by Gasteiger charge is -2.27. The molecule has 194 valence electrons. The number of hydrogen-bond donors (Lipinski definition) is 3. The molecule has 3 N–H and O–H groups in total. The first-order chi connectivity index (χ1) is 17.7. The quantitative estimate of drug-likeness (QED) is 0.428. The summed E-state index contributed by atoms with van der Waals surface area (Å²) >= 11 is 0. The third-order valence-electron chi connectivity index (χ3n) is 6.77. The van der Waals surface area contributed by atoms with Crippen LogP contribution in [0.15, 0.2) is 67.0 Å². The van der Waals surface area contributed by atoms with E-state index in [0.29, 0.717) is 17.5 Å². The maximum absolute atomic E-state index is 13.1. The van der Waals surface area contributed by atoms with Gasteiger partial charge >= 0.3 is 0 Å². The first-order valence-electron chi connectivity index (χ1n) is 13.1. The molecule has 4 rings (SSSR count). The second-order valence-electron chi connectivity index (χ2n) is 11.0. The van der Waals surface area contributed by atoms with E-state index in [1.165, 1.54) is 24.0 Å². The number of aryl methyl sites for hydroxylation is 2. The number of carbonyl (C=O) groups is 2. The molecular weight excluding hydrogens is 462 g/mol. The summed E-state index contributed by atoms with van der Waals surface area (Å²) in [4.78, 5) is 30.0. The highest BCUT2D eigenvalue weighted by Gasteiger charge is 2.26. The van der Waals surface area contributed by atoms with Crippen molar-refractivity contribution in [3.8, 4) is 0 Å². The van der Waals surface area contributed by atoms with Crippen LogP contribution in [0.4, 0.5) is 0 Å². The molecule has 1 aliphatic carbocycles. The average Bonchev–Trinajstić information content (AvgIpc) is 2.88. The van der Waals surface area contributed by atoms with Gasteiger partial charge in [0.05, 0.1) is 12.1 Å². The summed E-state index contributed by atoms with van der Waals surface area (Å²) in [7, 11) is 0. The predicted octanol–water partition coefficient (Wildman–Crippen LogP) is 4.43. The van der Waals surface area contributed by atoms with Crippen molar-refractivity contribution in [3.63, 3.8) is 0 Å². The van der Waals surface area contributed by atoms with Gasteiger partial charge in [0.2, 0.25) is 0 Å². The van der Waals surface area contributed by atoms with Crippen LogP contribution >= 0.6 is 0 Å². The molecule has 1 heterocycles. The molecule has 0 unspecified atom stereocenters. The summed E-state index contributed by atoms with van der Waals surface area (Å²) in [5, 5.41) is 17.5. The molecule has 0 saturated heterocycles. The molecule has 0 spiro atoms. The van der Waals surface area contributed by atoms with E-state index in [1.807, 2.05) is 39.0 Å². The molecule has 1 aliphatic rings. The van der Waals surface area contributed by atoms with Crippen LogP contribution in [0, 0.1) is 0 Å². The average molecular weight is 500 g/mol. The van der Waals surface area contributed by atoms with Gasteiger partial charge in [-0.25, -0.2) is 0 Å². The smallest absolute Gasteiger partial charge is 0.251 e. The Morgan fingerprint density at radius 2 is 1.62 bits per heavy atom. The van der Waals surface area contributed by atoms with Gasteiger partial charge in [0, 0.05) is 35.5 Å². The van der Waals surface area contributed by atoms with E-state index in [-0.39, 0.29) is 23.8 Å². The van der Waals surface area contributed by atoms with Gasteiger partial charge in [0.1, 0.15) is 0 Å². The van der Waals surface area contributed by atoms with E-state index in [9.17, 15) is 14.7 Å².